The minimum absolute atomic E-state index is 0.241. The van der Waals surface area contributed by atoms with E-state index < -0.39 is 23.7 Å². The molecule has 170 valence electrons. The number of nitrogens with one attached hydrogen (secondary N) is 2. The molecule has 2 heterocycles. The van der Waals surface area contributed by atoms with Crippen LogP contribution in [0.5, 0.6) is 0 Å². The Balaban J connectivity index is 1.72. The number of hydrogen-bond acceptors (Lipinski definition) is 6. The average Bonchev–Trinajstić information content (AvgIpc) is 3.28. The van der Waals surface area contributed by atoms with Gasteiger partial charge < -0.3 is 15.4 Å². The van der Waals surface area contributed by atoms with Gasteiger partial charge in [-0.15, -0.1) is 11.3 Å². The van der Waals surface area contributed by atoms with Gasteiger partial charge >= 0.3 is 5.69 Å². The molecule has 0 saturated carbocycles. The van der Waals surface area contributed by atoms with E-state index in [4.69, 9.17) is 4.74 Å². The SMILES string of the molecule is COCCCNC(=O)Cn1c(=O)n(CC(=O)NCCc2ccccc2)c(=O)c2sccc21. The van der Waals surface area contributed by atoms with Crippen molar-refractivity contribution in [1.82, 2.24) is 19.8 Å². The molecule has 0 aliphatic carbocycles. The zero-order chi connectivity index (χ0) is 22.9. The molecule has 0 atom stereocenters. The van der Waals surface area contributed by atoms with Gasteiger partial charge in [0.05, 0.1) is 5.52 Å². The predicted molar refractivity (Wildman–Crippen MR) is 123 cm³/mol. The third-order valence-electron chi connectivity index (χ3n) is 4.87. The summed E-state index contributed by atoms with van der Waals surface area (Å²) in [5, 5.41) is 7.15. The Bertz CT molecular complexity index is 1180. The van der Waals surface area contributed by atoms with Crippen molar-refractivity contribution in [2.75, 3.05) is 26.8 Å². The average molecular weight is 459 g/mol. The van der Waals surface area contributed by atoms with Gasteiger partial charge in [-0.1, -0.05) is 30.3 Å². The maximum Gasteiger partial charge on any atom is 0.332 e. The fourth-order valence-corrected chi connectivity index (χ4v) is 4.10. The number of hydrogen-bond donors (Lipinski definition) is 2. The molecule has 0 unspecified atom stereocenters. The quantitative estimate of drug-likeness (QED) is 0.412. The fraction of sp³-hybridized carbons (Fsp3) is 0.364. The molecular weight excluding hydrogens is 432 g/mol. The van der Waals surface area contributed by atoms with Crippen molar-refractivity contribution in [2.24, 2.45) is 0 Å². The van der Waals surface area contributed by atoms with Crippen LogP contribution in [-0.4, -0.2) is 47.8 Å². The Morgan fingerprint density at radius 2 is 1.66 bits per heavy atom. The van der Waals surface area contributed by atoms with Crippen molar-refractivity contribution in [3.05, 3.63) is 68.2 Å². The van der Waals surface area contributed by atoms with Crippen molar-refractivity contribution >= 4 is 33.4 Å². The molecule has 3 aromatic rings. The number of thiophene rings is 1. The number of carbonyl (C=O) groups excluding carboxylic acids is 2. The Morgan fingerprint density at radius 3 is 2.38 bits per heavy atom. The van der Waals surface area contributed by atoms with Crippen LogP contribution in [0.25, 0.3) is 10.2 Å². The topological polar surface area (TPSA) is 111 Å². The highest BCUT2D eigenvalue weighted by Gasteiger charge is 2.18. The second-order valence-electron chi connectivity index (χ2n) is 7.18. The number of benzene rings is 1. The van der Waals surface area contributed by atoms with Crippen molar-refractivity contribution in [3.8, 4) is 0 Å². The number of rotatable bonds is 11. The first-order chi connectivity index (χ1) is 15.5. The Hall–Kier alpha value is -3.24. The van der Waals surface area contributed by atoms with Gasteiger partial charge in [-0.05, 0) is 29.9 Å². The molecule has 0 fully saturated rings. The standard InChI is InChI=1S/C22H26N4O5S/c1-31-12-5-10-23-18(27)14-25-17-9-13-32-20(17)21(29)26(22(25)30)15-19(28)24-11-8-16-6-3-2-4-7-16/h2-4,6-7,9,13H,5,8,10-12,14-15H2,1H3,(H,23,27)(H,24,28). The van der Waals surface area contributed by atoms with E-state index >= 15 is 0 Å². The largest absolute Gasteiger partial charge is 0.385 e. The molecule has 0 aliphatic heterocycles. The van der Waals surface area contributed by atoms with Crippen molar-refractivity contribution in [2.45, 2.75) is 25.9 Å². The lowest BCUT2D eigenvalue weighted by Crippen LogP contribution is -2.45. The highest BCUT2D eigenvalue weighted by molar-refractivity contribution is 7.17. The van der Waals surface area contributed by atoms with E-state index in [1.807, 2.05) is 30.3 Å². The van der Waals surface area contributed by atoms with Crippen molar-refractivity contribution < 1.29 is 14.3 Å². The number of methoxy groups -OCH3 is 1. The molecule has 0 aliphatic rings. The molecule has 1 aromatic carbocycles. The van der Waals surface area contributed by atoms with Gasteiger partial charge in [0.1, 0.15) is 17.8 Å². The highest BCUT2D eigenvalue weighted by Crippen LogP contribution is 2.15. The van der Waals surface area contributed by atoms with Crippen LogP contribution in [0.2, 0.25) is 0 Å². The zero-order valence-electron chi connectivity index (χ0n) is 17.8. The molecule has 9 nitrogen and oxygen atoms in total. The zero-order valence-corrected chi connectivity index (χ0v) is 18.7. The molecule has 2 aromatic heterocycles. The number of amides is 2. The first-order valence-corrected chi connectivity index (χ1v) is 11.2. The van der Waals surface area contributed by atoms with Crippen LogP contribution in [0.3, 0.4) is 0 Å². The second-order valence-corrected chi connectivity index (χ2v) is 8.09. The minimum Gasteiger partial charge on any atom is -0.385 e. The third kappa shape index (κ3) is 5.92. The summed E-state index contributed by atoms with van der Waals surface area (Å²) in [7, 11) is 1.58. The van der Waals surface area contributed by atoms with Gasteiger partial charge in [0.2, 0.25) is 11.8 Å². The van der Waals surface area contributed by atoms with Crippen LogP contribution in [-0.2, 0) is 33.8 Å². The highest BCUT2D eigenvalue weighted by atomic mass is 32.1. The van der Waals surface area contributed by atoms with Crippen LogP contribution < -0.4 is 21.9 Å². The first kappa shape index (κ1) is 23.4. The molecular formula is C22H26N4O5S. The monoisotopic (exact) mass is 458 g/mol. The molecule has 2 amide bonds. The fourth-order valence-electron chi connectivity index (χ4n) is 3.26. The lowest BCUT2D eigenvalue weighted by Gasteiger charge is -2.12. The van der Waals surface area contributed by atoms with E-state index in [2.05, 4.69) is 10.6 Å². The van der Waals surface area contributed by atoms with Gasteiger partial charge in [-0.2, -0.15) is 0 Å². The number of aromatic nitrogens is 2. The summed E-state index contributed by atoms with van der Waals surface area (Å²) in [4.78, 5) is 50.5. The lowest BCUT2D eigenvalue weighted by atomic mass is 10.1. The summed E-state index contributed by atoms with van der Waals surface area (Å²) in [6.45, 7) is 0.665. The molecule has 2 N–H and O–H groups in total. The van der Waals surface area contributed by atoms with E-state index in [1.165, 1.54) is 15.9 Å². The molecule has 0 spiro atoms. The van der Waals surface area contributed by atoms with Gasteiger partial charge in [0.15, 0.2) is 0 Å². The lowest BCUT2D eigenvalue weighted by molar-refractivity contribution is -0.122. The van der Waals surface area contributed by atoms with Crippen molar-refractivity contribution in [3.63, 3.8) is 0 Å². The summed E-state index contributed by atoms with van der Waals surface area (Å²) in [6, 6.07) is 11.3. The summed E-state index contributed by atoms with van der Waals surface area (Å²) in [5.74, 6) is -0.792. The minimum atomic E-state index is -0.689. The second kappa shape index (κ2) is 11.4. The van der Waals surface area contributed by atoms with Crippen LogP contribution in [0, 0.1) is 0 Å². The van der Waals surface area contributed by atoms with Gasteiger partial charge in [-0.3, -0.25) is 19.0 Å². The van der Waals surface area contributed by atoms with E-state index in [1.54, 1.807) is 18.6 Å². The maximum atomic E-state index is 13.0. The first-order valence-electron chi connectivity index (χ1n) is 10.3. The van der Waals surface area contributed by atoms with Crippen LogP contribution >= 0.6 is 11.3 Å². The number of carbonyl (C=O) groups is 2. The molecule has 32 heavy (non-hydrogen) atoms. The normalized spacial score (nSPS) is 10.9. The Morgan fingerprint density at radius 1 is 0.969 bits per heavy atom. The Labute approximate surface area is 188 Å². The molecule has 0 saturated heterocycles. The summed E-state index contributed by atoms with van der Waals surface area (Å²) < 4.78 is 7.39. The smallest absolute Gasteiger partial charge is 0.332 e. The van der Waals surface area contributed by atoms with E-state index in [0.717, 1.165) is 10.1 Å². The van der Waals surface area contributed by atoms with Crippen LogP contribution in [0.1, 0.15) is 12.0 Å². The Kier molecular flexibility index (Phi) is 8.34. The number of ether oxygens (including phenoxy) is 1. The molecule has 0 bridgehead atoms. The van der Waals surface area contributed by atoms with Gasteiger partial charge in [0.25, 0.3) is 5.56 Å². The van der Waals surface area contributed by atoms with Crippen LogP contribution in [0.4, 0.5) is 0 Å². The van der Waals surface area contributed by atoms with Gasteiger partial charge in [0, 0.05) is 26.8 Å². The molecule has 10 heteroatoms. The molecule has 0 radical (unpaired) electrons. The molecule has 3 rings (SSSR count). The third-order valence-corrected chi connectivity index (χ3v) is 5.76. The number of fused-ring (bicyclic) bond motifs is 1. The summed E-state index contributed by atoms with van der Waals surface area (Å²) in [5.41, 5.74) is 0.239. The number of nitrogens with zero attached hydrogens (tertiary/aromatic N) is 2. The van der Waals surface area contributed by atoms with E-state index in [-0.39, 0.29) is 12.5 Å². The maximum absolute atomic E-state index is 13.0. The van der Waals surface area contributed by atoms with Crippen molar-refractivity contribution in [1.29, 1.82) is 0 Å². The predicted octanol–water partition coefficient (Wildman–Crippen LogP) is 0.736. The van der Waals surface area contributed by atoms with Gasteiger partial charge in [-0.25, -0.2) is 9.36 Å². The van der Waals surface area contributed by atoms with E-state index in [0.29, 0.717) is 42.8 Å². The summed E-state index contributed by atoms with van der Waals surface area (Å²) in [6.07, 6.45) is 1.28. The van der Waals surface area contributed by atoms with Crippen LogP contribution in [0.15, 0.2) is 51.4 Å². The summed E-state index contributed by atoms with van der Waals surface area (Å²) >= 11 is 1.17. The van der Waals surface area contributed by atoms with E-state index in [9.17, 15) is 19.2 Å².